The largest absolute Gasteiger partial charge is 0.267 e. The molecule has 96 valence electrons. The van der Waals surface area contributed by atoms with Gasteiger partial charge in [0.1, 0.15) is 0 Å². The van der Waals surface area contributed by atoms with Crippen LogP contribution in [0.25, 0.3) is 11.3 Å². The van der Waals surface area contributed by atoms with Crippen LogP contribution < -0.4 is 0 Å². The number of alkyl halides is 2. The van der Waals surface area contributed by atoms with E-state index in [1.807, 2.05) is 12.4 Å². The van der Waals surface area contributed by atoms with E-state index in [1.165, 1.54) is 16.9 Å². The molecule has 2 aromatic rings. The molecule has 0 amide bonds. The fourth-order valence-electron chi connectivity index (χ4n) is 2.69. The second-order valence-electron chi connectivity index (χ2n) is 4.65. The lowest BCUT2D eigenvalue weighted by Gasteiger charge is -2.11. The van der Waals surface area contributed by atoms with Crippen molar-refractivity contribution in [2.45, 2.75) is 32.1 Å². The number of halogens is 2. The number of fused-ring (bicyclic) bond motifs is 1. The highest BCUT2D eigenvalue weighted by atomic mass is 32.1. The molecule has 1 aliphatic rings. The molecular weight excluding hydrogens is 254 g/mol. The fraction of sp³-hybridized carbons (Fsp3) is 0.462. The first-order chi connectivity index (χ1) is 8.68. The standard InChI is InChI=1S/C13H14F2N2S/c1-17-12(8-4-2-3-5-11(8)16-17)9-6-18-7-10(9)13(14)15/h6-7,13H,2-5H2,1H3. The van der Waals surface area contributed by atoms with Crippen molar-refractivity contribution < 1.29 is 8.78 Å². The quantitative estimate of drug-likeness (QED) is 0.806. The van der Waals surface area contributed by atoms with Gasteiger partial charge in [0.25, 0.3) is 6.43 Å². The highest BCUT2D eigenvalue weighted by Gasteiger charge is 2.24. The Balaban J connectivity index is 2.16. The van der Waals surface area contributed by atoms with E-state index in [4.69, 9.17) is 0 Å². The molecule has 0 atom stereocenters. The first-order valence-electron chi connectivity index (χ1n) is 6.08. The van der Waals surface area contributed by atoms with E-state index in [-0.39, 0.29) is 5.56 Å². The van der Waals surface area contributed by atoms with Gasteiger partial charge in [0.15, 0.2) is 0 Å². The van der Waals surface area contributed by atoms with E-state index in [1.54, 1.807) is 10.1 Å². The highest BCUT2D eigenvalue weighted by molar-refractivity contribution is 7.08. The van der Waals surface area contributed by atoms with Gasteiger partial charge in [0.2, 0.25) is 0 Å². The summed E-state index contributed by atoms with van der Waals surface area (Å²) >= 11 is 1.33. The molecule has 0 fully saturated rings. The number of aryl methyl sites for hydroxylation is 2. The summed E-state index contributed by atoms with van der Waals surface area (Å²) in [6.07, 6.45) is 1.78. The Morgan fingerprint density at radius 2 is 2.06 bits per heavy atom. The molecule has 2 heterocycles. The van der Waals surface area contributed by atoms with Gasteiger partial charge in [-0.15, -0.1) is 0 Å². The van der Waals surface area contributed by atoms with Gasteiger partial charge in [-0.3, -0.25) is 4.68 Å². The Morgan fingerprint density at radius 1 is 1.28 bits per heavy atom. The van der Waals surface area contributed by atoms with Crippen molar-refractivity contribution in [2.75, 3.05) is 0 Å². The van der Waals surface area contributed by atoms with E-state index in [9.17, 15) is 8.78 Å². The molecule has 0 aliphatic heterocycles. The van der Waals surface area contributed by atoms with Crippen LogP contribution in [0.2, 0.25) is 0 Å². The first kappa shape index (κ1) is 11.8. The molecule has 0 radical (unpaired) electrons. The summed E-state index contributed by atoms with van der Waals surface area (Å²) in [4.78, 5) is 0. The van der Waals surface area contributed by atoms with Crippen LogP contribution in [0.15, 0.2) is 10.8 Å². The van der Waals surface area contributed by atoms with Gasteiger partial charge in [-0.05, 0) is 25.7 Å². The molecule has 2 aromatic heterocycles. The van der Waals surface area contributed by atoms with E-state index in [0.29, 0.717) is 5.56 Å². The molecule has 0 bridgehead atoms. The molecule has 0 saturated carbocycles. The van der Waals surface area contributed by atoms with Gasteiger partial charge in [-0.2, -0.15) is 16.4 Å². The molecule has 3 rings (SSSR count). The Bertz CT molecular complexity index is 572. The average Bonchev–Trinajstić information content (AvgIpc) is 2.91. The van der Waals surface area contributed by atoms with Crippen LogP contribution in [0.5, 0.6) is 0 Å². The number of aromatic nitrogens is 2. The summed E-state index contributed by atoms with van der Waals surface area (Å²) in [7, 11) is 1.85. The van der Waals surface area contributed by atoms with Gasteiger partial charge in [0, 0.05) is 34.5 Å². The van der Waals surface area contributed by atoms with Crippen molar-refractivity contribution in [3.8, 4) is 11.3 Å². The molecule has 0 spiro atoms. The van der Waals surface area contributed by atoms with Crippen LogP contribution in [-0.4, -0.2) is 9.78 Å². The molecule has 2 nitrogen and oxygen atoms in total. The number of hydrogen-bond donors (Lipinski definition) is 0. The summed E-state index contributed by atoms with van der Waals surface area (Å²) in [6, 6.07) is 0. The van der Waals surface area contributed by atoms with Gasteiger partial charge >= 0.3 is 0 Å². The Hall–Kier alpha value is -1.23. The fourth-order valence-corrected chi connectivity index (χ4v) is 3.51. The second-order valence-corrected chi connectivity index (χ2v) is 5.39. The average molecular weight is 268 g/mol. The van der Waals surface area contributed by atoms with Crippen molar-refractivity contribution in [3.63, 3.8) is 0 Å². The third-order valence-corrected chi connectivity index (χ3v) is 4.26. The van der Waals surface area contributed by atoms with Gasteiger partial charge < -0.3 is 0 Å². The maximum atomic E-state index is 13.0. The summed E-state index contributed by atoms with van der Waals surface area (Å²) in [5.74, 6) is 0. The Kier molecular flexibility index (Phi) is 2.93. The van der Waals surface area contributed by atoms with Crippen molar-refractivity contribution in [1.82, 2.24) is 9.78 Å². The summed E-state index contributed by atoms with van der Waals surface area (Å²) in [5.41, 5.74) is 3.94. The summed E-state index contributed by atoms with van der Waals surface area (Å²) in [6.45, 7) is 0. The number of hydrogen-bond acceptors (Lipinski definition) is 2. The van der Waals surface area contributed by atoms with E-state index >= 15 is 0 Å². The maximum Gasteiger partial charge on any atom is 0.265 e. The molecule has 5 heteroatoms. The second kappa shape index (κ2) is 4.46. The minimum atomic E-state index is -2.42. The van der Waals surface area contributed by atoms with E-state index in [2.05, 4.69) is 5.10 Å². The number of rotatable bonds is 2. The lowest BCUT2D eigenvalue weighted by atomic mass is 9.93. The molecular formula is C13H14F2N2S. The van der Waals surface area contributed by atoms with E-state index < -0.39 is 6.43 Å². The predicted octanol–water partition coefficient (Wildman–Crippen LogP) is 3.97. The van der Waals surface area contributed by atoms with Crippen LogP contribution in [0.4, 0.5) is 8.78 Å². The van der Waals surface area contributed by atoms with Crippen LogP contribution in [0.3, 0.4) is 0 Å². The predicted molar refractivity (Wildman–Crippen MR) is 68.1 cm³/mol. The van der Waals surface area contributed by atoms with Crippen molar-refractivity contribution in [3.05, 3.63) is 27.6 Å². The first-order valence-corrected chi connectivity index (χ1v) is 7.02. The Labute approximate surface area is 108 Å². The van der Waals surface area contributed by atoms with Crippen molar-refractivity contribution >= 4 is 11.3 Å². The van der Waals surface area contributed by atoms with Gasteiger partial charge in [0.05, 0.1) is 11.4 Å². The molecule has 0 unspecified atom stereocenters. The zero-order valence-corrected chi connectivity index (χ0v) is 10.9. The topological polar surface area (TPSA) is 17.8 Å². The Morgan fingerprint density at radius 3 is 2.83 bits per heavy atom. The zero-order valence-electron chi connectivity index (χ0n) is 10.1. The van der Waals surface area contributed by atoms with Crippen molar-refractivity contribution in [2.24, 2.45) is 7.05 Å². The van der Waals surface area contributed by atoms with Crippen LogP contribution in [-0.2, 0) is 19.9 Å². The monoisotopic (exact) mass is 268 g/mol. The lowest BCUT2D eigenvalue weighted by molar-refractivity contribution is 0.152. The minimum Gasteiger partial charge on any atom is -0.267 e. The normalized spacial score (nSPS) is 15.1. The molecule has 0 aromatic carbocycles. The lowest BCUT2D eigenvalue weighted by Crippen LogP contribution is -2.01. The van der Waals surface area contributed by atoms with E-state index in [0.717, 1.165) is 37.1 Å². The van der Waals surface area contributed by atoms with Gasteiger partial charge in [-0.1, -0.05) is 0 Å². The zero-order chi connectivity index (χ0) is 12.7. The van der Waals surface area contributed by atoms with Crippen LogP contribution in [0.1, 0.15) is 36.1 Å². The summed E-state index contributed by atoms with van der Waals surface area (Å²) in [5, 5.41) is 7.84. The van der Waals surface area contributed by atoms with Gasteiger partial charge in [-0.25, -0.2) is 8.78 Å². The molecule has 0 N–H and O–H groups in total. The summed E-state index contributed by atoms with van der Waals surface area (Å²) < 4.78 is 27.8. The highest BCUT2D eigenvalue weighted by Crippen LogP contribution is 2.38. The minimum absolute atomic E-state index is 0.136. The molecule has 1 aliphatic carbocycles. The maximum absolute atomic E-state index is 13.0. The number of nitrogens with zero attached hydrogens (tertiary/aromatic N) is 2. The van der Waals surface area contributed by atoms with Crippen molar-refractivity contribution in [1.29, 1.82) is 0 Å². The van der Waals surface area contributed by atoms with Crippen LogP contribution >= 0.6 is 11.3 Å². The molecule has 0 saturated heterocycles. The SMILES string of the molecule is Cn1nc2c(c1-c1cscc1C(F)F)CCCC2. The molecule has 18 heavy (non-hydrogen) atoms. The number of thiophene rings is 1. The van der Waals surface area contributed by atoms with Crippen LogP contribution in [0, 0.1) is 0 Å². The third kappa shape index (κ3) is 1.77. The smallest absolute Gasteiger partial charge is 0.265 e. The third-order valence-electron chi connectivity index (χ3n) is 3.50.